The number of rotatable bonds is 2. The number of nitrogens with one attached hydrogen (secondary N) is 2. The Balaban J connectivity index is 2.01. The number of hydrogen-bond donors (Lipinski definition) is 2. The molecule has 1 aromatic rings. The molecule has 0 saturated carbocycles. The minimum absolute atomic E-state index is 0.115. The molecule has 3 heterocycles. The van der Waals surface area contributed by atoms with E-state index in [1.165, 1.54) is 0 Å². The van der Waals surface area contributed by atoms with E-state index in [1.807, 2.05) is 0 Å². The average molecular weight is 270 g/mol. The highest BCUT2D eigenvalue weighted by atomic mass is 32.2. The predicted octanol–water partition coefficient (Wildman–Crippen LogP) is 0.00894. The number of fused-ring (bicyclic) bond motifs is 1. The van der Waals surface area contributed by atoms with Crippen LogP contribution in [0.1, 0.15) is 17.8 Å². The zero-order valence-corrected chi connectivity index (χ0v) is 11.4. The summed E-state index contributed by atoms with van der Waals surface area (Å²) >= 11 is 0. The second kappa shape index (κ2) is 4.04. The number of aromatic nitrogens is 2. The first kappa shape index (κ1) is 12.1. The van der Waals surface area contributed by atoms with Gasteiger partial charge in [-0.05, 0) is 32.7 Å². The summed E-state index contributed by atoms with van der Waals surface area (Å²) in [6, 6.07) is 0.115. The van der Waals surface area contributed by atoms with E-state index in [0.717, 1.165) is 19.5 Å². The van der Waals surface area contributed by atoms with Crippen LogP contribution >= 0.6 is 0 Å². The second-order valence-electron chi connectivity index (χ2n) is 5.15. The topological polar surface area (TPSA) is 78.1 Å². The molecule has 0 aromatic carbocycles. The maximum atomic E-state index is 12.7. The average Bonchev–Trinajstić information content (AvgIpc) is 2.92. The van der Waals surface area contributed by atoms with Crippen LogP contribution in [0.3, 0.4) is 0 Å². The Labute approximate surface area is 107 Å². The van der Waals surface area contributed by atoms with Gasteiger partial charge in [0.15, 0.2) is 0 Å². The fourth-order valence-corrected chi connectivity index (χ4v) is 5.18. The van der Waals surface area contributed by atoms with Crippen molar-refractivity contribution >= 4 is 10.0 Å². The van der Waals surface area contributed by atoms with E-state index < -0.39 is 10.0 Å². The van der Waals surface area contributed by atoms with Gasteiger partial charge in [-0.25, -0.2) is 8.42 Å². The Hall–Kier alpha value is -0.920. The third kappa shape index (κ3) is 1.61. The van der Waals surface area contributed by atoms with Crippen LogP contribution in [-0.4, -0.2) is 48.6 Å². The molecule has 7 heteroatoms. The lowest BCUT2D eigenvalue weighted by Crippen LogP contribution is -2.39. The molecule has 0 aliphatic carbocycles. The van der Waals surface area contributed by atoms with Crippen LogP contribution in [0.2, 0.25) is 0 Å². The molecular formula is C11H18N4O2S. The minimum Gasteiger partial charge on any atom is -0.315 e. The standard InChI is InChI=1S/C11H18N4O2S/c1-7-11(8(2)14-13-7)18(16,17)15-4-3-9-5-12-6-10(9)15/h9-10,12H,3-6H2,1-2H3,(H,13,14)/t9-,10+/m0/s1. The van der Waals surface area contributed by atoms with Gasteiger partial charge in [0.1, 0.15) is 4.90 Å². The van der Waals surface area contributed by atoms with Crippen molar-refractivity contribution in [3.8, 4) is 0 Å². The molecule has 2 aliphatic heterocycles. The molecule has 0 unspecified atom stereocenters. The number of aryl methyl sites for hydroxylation is 2. The Bertz CT molecular complexity index is 546. The monoisotopic (exact) mass is 270 g/mol. The van der Waals surface area contributed by atoms with Crippen LogP contribution in [0.4, 0.5) is 0 Å². The summed E-state index contributed by atoms with van der Waals surface area (Å²) in [6.07, 6.45) is 0.951. The van der Waals surface area contributed by atoms with Gasteiger partial charge in [0.25, 0.3) is 0 Å². The molecule has 0 radical (unpaired) electrons. The van der Waals surface area contributed by atoms with Crippen LogP contribution in [0.5, 0.6) is 0 Å². The SMILES string of the molecule is Cc1n[nH]c(C)c1S(=O)(=O)N1CC[C@H]2CNC[C@H]21. The number of nitrogens with zero attached hydrogens (tertiary/aromatic N) is 2. The Kier molecular flexibility index (Phi) is 2.72. The fourth-order valence-electron chi connectivity index (χ4n) is 3.15. The van der Waals surface area contributed by atoms with Gasteiger partial charge in [-0.1, -0.05) is 0 Å². The number of hydrogen-bond acceptors (Lipinski definition) is 4. The molecule has 18 heavy (non-hydrogen) atoms. The molecule has 3 rings (SSSR count). The molecular weight excluding hydrogens is 252 g/mol. The van der Waals surface area contributed by atoms with E-state index in [1.54, 1.807) is 18.2 Å². The van der Waals surface area contributed by atoms with Gasteiger partial charge in [-0.3, -0.25) is 5.10 Å². The van der Waals surface area contributed by atoms with Crippen molar-refractivity contribution in [2.24, 2.45) is 5.92 Å². The second-order valence-corrected chi connectivity index (χ2v) is 6.98. The molecule has 2 saturated heterocycles. The molecule has 100 valence electrons. The van der Waals surface area contributed by atoms with Crippen molar-refractivity contribution in [3.05, 3.63) is 11.4 Å². The highest BCUT2D eigenvalue weighted by molar-refractivity contribution is 7.89. The summed E-state index contributed by atoms with van der Waals surface area (Å²) in [5, 5.41) is 10.0. The van der Waals surface area contributed by atoms with Crippen LogP contribution in [-0.2, 0) is 10.0 Å². The van der Waals surface area contributed by atoms with Crippen LogP contribution < -0.4 is 5.32 Å². The Morgan fingerprint density at radius 1 is 1.33 bits per heavy atom. The summed E-state index contributed by atoms with van der Waals surface area (Å²) in [7, 11) is -3.41. The van der Waals surface area contributed by atoms with Gasteiger partial charge >= 0.3 is 0 Å². The van der Waals surface area contributed by atoms with Gasteiger partial charge in [-0.15, -0.1) is 0 Å². The lowest BCUT2D eigenvalue weighted by atomic mass is 10.1. The van der Waals surface area contributed by atoms with Crippen LogP contribution in [0.25, 0.3) is 0 Å². The van der Waals surface area contributed by atoms with Crippen molar-refractivity contribution in [1.29, 1.82) is 0 Å². The van der Waals surface area contributed by atoms with Gasteiger partial charge in [0, 0.05) is 19.1 Å². The number of H-pyrrole nitrogens is 1. The molecule has 1 aromatic heterocycles. The normalized spacial score (nSPS) is 28.8. The molecule has 2 aliphatic rings. The first-order valence-electron chi connectivity index (χ1n) is 6.26. The van der Waals surface area contributed by atoms with Crippen LogP contribution in [0, 0.1) is 19.8 Å². The van der Waals surface area contributed by atoms with E-state index in [9.17, 15) is 8.42 Å². The van der Waals surface area contributed by atoms with Crippen molar-refractivity contribution in [2.75, 3.05) is 19.6 Å². The van der Waals surface area contributed by atoms with E-state index in [4.69, 9.17) is 0 Å². The highest BCUT2D eigenvalue weighted by Gasteiger charge is 2.44. The first-order chi connectivity index (χ1) is 8.51. The van der Waals surface area contributed by atoms with Crippen molar-refractivity contribution in [2.45, 2.75) is 31.2 Å². The number of aromatic amines is 1. The summed E-state index contributed by atoms with van der Waals surface area (Å²) in [5.41, 5.74) is 1.18. The highest BCUT2D eigenvalue weighted by Crippen LogP contribution is 2.33. The Morgan fingerprint density at radius 2 is 2.11 bits per heavy atom. The van der Waals surface area contributed by atoms with E-state index in [-0.39, 0.29) is 6.04 Å². The van der Waals surface area contributed by atoms with Gasteiger partial charge < -0.3 is 5.32 Å². The lowest BCUT2D eigenvalue weighted by molar-refractivity contribution is 0.382. The summed E-state index contributed by atoms with van der Waals surface area (Å²) in [5.74, 6) is 0.465. The van der Waals surface area contributed by atoms with Crippen molar-refractivity contribution in [1.82, 2.24) is 19.8 Å². The van der Waals surface area contributed by atoms with Crippen LogP contribution in [0.15, 0.2) is 4.90 Å². The van der Waals surface area contributed by atoms with Crippen molar-refractivity contribution < 1.29 is 8.42 Å². The summed E-state index contributed by atoms with van der Waals surface area (Å²) in [6.45, 7) is 5.81. The molecule has 0 spiro atoms. The third-order valence-corrected chi connectivity index (χ3v) is 6.21. The summed E-state index contributed by atoms with van der Waals surface area (Å²) in [4.78, 5) is 0.357. The lowest BCUT2D eigenvalue weighted by Gasteiger charge is -2.22. The zero-order valence-electron chi connectivity index (χ0n) is 10.6. The van der Waals surface area contributed by atoms with Gasteiger partial charge in [0.2, 0.25) is 10.0 Å². The Morgan fingerprint density at radius 3 is 2.78 bits per heavy atom. The quantitative estimate of drug-likeness (QED) is 0.793. The molecule has 0 bridgehead atoms. The van der Waals surface area contributed by atoms with Gasteiger partial charge in [0.05, 0.1) is 11.4 Å². The molecule has 0 amide bonds. The van der Waals surface area contributed by atoms with Crippen molar-refractivity contribution in [3.63, 3.8) is 0 Å². The summed E-state index contributed by atoms with van der Waals surface area (Å²) < 4.78 is 27.1. The number of sulfonamides is 1. The zero-order chi connectivity index (χ0) is 12.9. The maximum absolute atomic E-state index is 12.7. The molecule has 6 nitrogen and oxygen atoms in total. The van der Waals surface area contributed by atoms with Gasteiger partial charge in [-0.2, -0.15) is 9.40 Å². The maximum Gasteiger partial charge on any atom is 0.247 e. The minimum atomic E-state index is -3.41. The third-order valence-electron chi connectivity index (χ3n) is 4.02. The van der Waals surface area contributed by atoms with E-state index in [0.29, 0.717) is 28.7 Å². The van der Waals surface area contributed by atoms with E-state index >= 15 is 0 Å². The van der Waals surface area contributed by atoms with E-state index in [2.05, 4.69) is 15.5 Å². The molecule has 2 fully saturated rings. The largest absolute Gasteiger partial charge is 0.315 e. The first-order valence-corrected chi connectivity index (χ1v) is 7.70. The predicted molar refractivity (Wildman–Crippen MR) is 66.7 cm³/mol. The molecule has 2 N–H and O–H groups in total. The smallest absolute Gasteiger partial charge is 0.247 e. The fraction of sp³-hybridized carbons (Fsp3) is 0.727. The molecule has 2 atom stereocenters.